The van der Waals surface area contributed by atoms with Crippen molar-refractivity contribution >= 4 is 51.4 Å². The van der Waals surface area contributed by atoms with Crippen LogP contribution in [0.15, 0.2) is 18.2 Å². The van der Waals surface area contributed by atoms with Crippen LogP contribution in [0.5, 0.6) is 0 Å². The highest BCUT2D eigenvalue weighted by atomic mass is 35.5. The molecule has 7 heteroatoms. The van der Waals surface area contributed by atoms with Gasteiger partial charge in [0.05, 0.1) is 5.56 Å². The molecule has 0 bridgehead atoms. The topological polar surface area (TPSA) is 72.2 Å². The molecular formula is C14H12Cl2N2O2S. The summed E-state index contributed by atoms with van der Waals surface area (Å²) in [4.78, 5) is 23.9. The Kier molecular flexibility index (Phi) is 4.56. The number of carbonyl (C=O) groups is 2. The first kappa shape index (κ1) is 15.8. The lowest BCUT2D eigenvalue weighted by atomic mass is 10.0. The molecule has 1 aromatic carbocycles. The van der Waals surface area contributed by atoms with Crippen molar-refractivity contribution in [3.8, 4) is 11.1 Å². The summed E-state index contributed by atoms with van der Waals surface area (Å²) in [6, 6.07) is 5.00. The third-order valence-corrected chi connectivity index (χ3v) is 4.39. The van der Waals surface area contributed by atoms with Gasteiger partial charge in [-0.1, -0.05) is 29.3 Å². The van der Waals surface area contributed by atoms with Gasteiger partial charge in [0.25, 0.3) is 5.91 Å². The van der Waals surface area contributed by atoms with Gasteiger partial charge in [-0.2, -0.15) is 0 Å². The van der Waals surface area contributed by atoms with Crippen molar-refractivity contribution in [1.29, 1.82) is 0 Å². The molecule has 2 aromatic rings. The Balaban J connectivity index is 2.70. The number of nitrogens with one attached hydrogen (secondary N) is 1. The molecule has 0 spiro atoms. The minimum Gasteiger partial charge on any atom is -0.365 e. The lowest BCUT2D eigenvalue weighted by molar-refractivity contribution is -0.114. The molecule has 3 N–H and O–H groups in total. The Morgan fingerprint density at radius 1 is 1.29 bits per heavy atom. The number of thiophene rings is 1. The number of anilines is 1. The van der Waals surface area contributed by atoms with Crippen LogP contribution >= 0.6 is 34.5 Å². The number of aryl methyl sites for hydroxylation is 1. The molecule has 1 heterocycles. The van der Waals surface area contributed by atoms with Gasteiger partial charge in [0.1, 0.15) is 5.00 Å². The third kappa shape index (κ3) is 3.20. The molecular weight excluding hydrogens is 331 g/mol. The first-order valence-electron chi connectivity index (χ1n) is 5.97. The summed E-state index contributed by atoms with van der Waals surface area (Å²) in [5, 5.41) is 3.97. The largest absolute Gasteiger partial charge is 0.365 e. The maximum Gasteiger partial charge on any atom is 0.252 e. The number of nitrogens with two attached hydrogens (primary N) is 1. The number of amides is 2. The molecule has 1 aromatic heterocycles. The summed E-state index contributed by atoms with van der Waals surface area (Å²) in [7, 11) is 0. The van der Waals surface area contributed by atoms with Gasteiger partial charge in [-0.15, -0.1) is 11.3 Å². The van der Waals surface area contributed by atoms with Crippen LogP contribution in [-0.4, -0.2) is 11.8 Å². The predicted molar refractivity (Wildman–Crippen MR) is 87.3 cm³/mol. The van der Waals surface area contributed by atoms with Crippen LogP contribution in [0.2, 0.25) is 10.0 Å². The number of carbonyl (C=O) groups excluding carboxylic acids is 2. The van der Waals surface area contributed by atoms with Crippen molar-refractivity contribution in [2.45, 2.75) is 13.8 Å². The zero-order valence-electron chi connectivity index (χ0n) is 11.3. The Hall–Kier alpha value is -1.56. The van der Waals surface area contributed by atoms with Crippen LogP contribution in [-0.2, 0) is 4.79 Å². The molecule has 0 saturated carbocycles. The van der Waals surface area contributed by atoms with Crippen molar-refractivity contribution < 1.29 is 9.59 Å². The summed E-state index contributed by atoms with van der Waals surface area (Å²) in [6.45, 7) is 3.21. The maximum absolute atomic E-state index is 11.8. The molecule has 0 unspecified atom stereocenters. The van der Waals surface area contributed by atoms with E-state index in [0.29, 0.717) is 26.2 Å². The average Bonchev–Trinajstić information content (AvgIpc) is 2.65. The molecule has 0 aliphatic heterocycles. The Labute approximate surface area is 135 Å². The number of benzene rings is 1. The highest BCUT2D eigenvalue weighted by Crippen LogP contribution is 2.42. The Morgan fingerprint density at radius 2 is 1.95 bits per heavy atom. The van der Waals surface area contributed by atoms with E-state index in [4.69, 9.17) is 28.9 Å². The summed E-state index contributed by atoms with van der Waals surface area (Å²) in [5.74, 6) is -0.892. The maximum atomic E-state index is 11.8. The van der Waals surface area contributed by atoms with E-state index < -0.39 is 5.91 Å². The lowest BCUT2D eigenvalue weighted by Gasteiger charge is -2.08. The van der Waals surface area contributed by atoms with Crippen molar-refractivity contribution in [3.05, 3.63) is 38.7 Å². The van der Waals surface area contributed by atoms with E-state index in [1.54, 1.807) is 18.2 Å². The molecule has 0 aliphatic rings. The Morgan fingerprint density at radius 3 is 2.48 bits per heavy atom. The molecule has 0 fully saturated rings. The van der Waals surface area contributed by atoms with Crippen LogP contribution in [0.4, 0.5) is 5.00 Å². The molecule has 0 saturated heterocycles. The van der Waals surface area contributed by atoms with Crippen molar-refractivity contribution in [3.63, 3.8) is 0 Å². The molecule has 21 heavy (non-hydrogen) atoms. The van der Waals surface area contributed by atoms with E-state index in [1.165, 1.54) is 18.3 Å². The zero-order chi connectivity index (χ0) is 15.7. The normalized spacial score (nSPS) is 10.5. The number of rotatable bonds is 3. The Bertz CT molecular complexity index is 741. The number of hydrogen-bond acceptors (Lipinski definition) is 3. The number of halogens is 2. The molecule has 2 amide bonds. The standard InChI is InChI=1S/C14H12Cl2N2O2S/c1-6-11(9-4-3-8(15)5-10(9)16)12(13(17)20)14(21-6)18-7(2)19/h3-5H,1-2H3,(H2,17,20)(H,18,19). The smallest absolute Gasteiger partial charge is 0.252 e. The van der Waals surface area contributed by atoms with E-state index in [9.17, 15) is 9.59 Å². The summed E-state index contributed by atoms with van der Waals surface area (Å²) in [5.41, 5.74) is 7.01. The van der Waals surface area contributed by atoms with E-state index in [1.807, 2.05) is 6.92 Å². The summed E-state index contributed by atoms with van der Waals surface area (Å²) >= 11 is 13.4. The minimum absolute atomic E-state index is 0.261. The average molecular weight is 343 g/mol. The SMILES string of the molecule is CC(=O)Nc1sc(C)c(-c2ccc(Cl)cc2Cl)c1C(N)=O. The summed E-state index contributed by atoms with van der Waals surface area (Å²) in [6.07, 6.45) is 0. The fraction of sp³-hybridized carbons (Fsp3) is 0.143. The van der Waals surface area contributed by atoms with Crippen LogP contribution in [0.3, 0.4) is 0 Å². The van der Waals surface area contributed by atoms with Crippen molar-refractivity contribution in [2.75, 3.05) is 5.32 Å². The second-order valence-corrected chi connectivity index (χ2v) is 6.48. The third-order valence-electron chi connectivity index (χ3n) is 2.82. The lowest BCUT2D eigenvalue weighted by Crippen LogP contribution is -2.15. The fourth-order valence-corrected chi connectivity index (χ4v) is 3.67. The van der Waals surface area contributed by atoms with Gasteiger partial charge in [-0.3, -0.25) is 9.59 Å². The molecule has 0 radical (unpaired) electrons. The molecule has 110 valence electrons. The molecule has 0 atom stereocenters. The highest BCUT2D eigenvalue weighted by molar-refractivity contribution is 7.17. The predicted octanol–water partition coefficient (Wildman–Crippen LogP) is 4.09. The number of hydrogen-bond donors (Lipinski definition) is 2. The van der Waals surface area contributed by atoms with E-state index >= 15 is 0 Å². The van der Waals surface area contributed by atoms with Crippen LogP contribution in [0, 0.1) is 6.92 Å². The van der Waals surface area contributed by atoms with Gasteiger partial charge in [-0.05, 0) is 19.1 Å². The summed E-state index contributed by atoms with van der Waals surface area (Å²) < 4.78 is 0. The van der Waals surface area contributed by atoms with Crippen molar-refractivity contribution in [2.24, 2.45) is 5.73 Å². The highest BCUT2D eigenvalue weighted by Gasteiger charge is 2.23. The quantitative estimate of drug-likeness (QED) is 0.881. The van der Waals surface area contributed by atoms with E-state index in [0.717, 1.165) is 4.88 Å². The van der Waals surface area contributed by atoms with Gasteiger partial charge < -0.3 is 11.1 Å². The van der Waals surface area contributed by atoms with Gasteiger partial charge in [-0.25, -0.2) is 0 Å². The molecule has 4 nitrogen and oxygen atoms in total. The van der Waals surface area contributed by atoms with E-state index in [-0.39, 0.29) is 11.5 Å². The second kappa shape index (κ2) is 6.05. The monoisotopic (exact) mass is 342 g/mol. The fourth-order valence-electron chi connectivity index (χ4n) is 2.04. The minimum atomic E-state index is -0.621. The van der Waals surface area contributed by atoms with Gasteiger partial charge in [0, 0.05) is 33.0 Å². The van der Waals surface area contributed by atoms with Gasteiger partial charge in [0.15, 0.2) is 0 Å². The van der Waals surface area contributed by atoms with Crippen LogP contribution in [0.25, 0.3) is 11.1 Å². The van der Waals surface area contributed by atoms with Crippen LogP contribution in [0.1, 0.15) is 22.2 Å². The first-order valence-corrected chi connectivity index (χ1v) is 7.54. The zero-order valence-corrected chi connectivity index (χ0v) is 13.6. The first-order chi connectivity index (χ1) is 9.81. The van der Waals surface area contributed by atoms with Crippen molar-refractivity contribution in [1.82, 2.24) is 0 Å². The number of primary amides is 1. The second-order valence-electron chi connectivity index (χ2n) is 4.41. The van der Waals surface area contributed by atoms with Gasteiger partial charge in [0.2, 0.25) is 5.91 Å². The van der Waals surface area contributed by atoms with Gasteiger partial charge >= 0.3 is 0 Å². The van der Waals surface area contributed by atoms with Crippen LogP contribution < -0.4 is 11.1 Å². The molecule has 2 rings (SSSR count). The van der Waals surface area contributed by atoms with E-state index in [2.05, 4.69) is 5.32 Å². The molecule has 0 aliphatic carbocycles.